The van der Waals surface area contributed by atoms with Crippen molar-refractivity contribution in [3.05, 3.63) is 24.0 Å². The van der Waals surface area contributed by atoms with E-state index in [4.69, 9.17) is 4.74 Å². The molecule has 0 spiro atoms. The van der Waals surface area contributed by atoms with Crippen LogP contribution in [-0.2, 0) is 16.1 Å². The highest BCUT2D eigenvalue weighted by atomic mass is 16.5. The van der Waals surface area contributed by atoms with Gasteiger partial charge in [0.15, 0.2) is 5.78 Å². The van der Waals surface area contributed by atoms with Gasteiger partial charge in [0.2, 0.25) is 0 Å². The number of ether oxygens (including phenoxy) is 1. The first-order valence-electron chi connectivity index (χ1n) is 5.60. The summed E-state index contributed by atoms with van der Waals surface area (Å²) in [5, 5.41) is 0. The average Bonchev–Trinajstić information content (AvgIpc) is 2.77. The van der Waals surface area contributed by atoms with Gasteiger partial charge in [-0.25, -0.2) is 0 Å². The fourth-order valence-corrected chi connectivity index (χ4v) is 2.71. The van der Waals surface area contributed by atoms with Crippen LogP contribution in [0.3, 0.4) is 0 Å². The molecule has 0 saturated heterocycles. The van der Waals surface area contributed by atoms with Crippen molar-refractivity contribution in [3.8, 4) is 0 Å². The fraction of sp³-hybridized carbons (Fsp3) is 0.500. The molecule has 1 saturated carbocycles. The summed E-state index contributed by atoms with van der Waals surface area (Å²) in [4.78, 5) is 23.6. The van der Waals surface area contributed by atoms with Gasteiger partial charge in [0, 0.05) is 24.6 Å². The molecular weight excluding hydrogens is 206 g/mol. The number of carbonyl (C=O) groups excluding carboxylic acids is 2. The summed E-state index contributed by atoms with van der Waals surface area (Å²) >= 11 is 0. The zero-order chi connectivity index (χ0) is 11.3. The maximum Gasteiger partial charge on any atom is 0.310 e. The lowest BCUT2D eigenvalue weighted by Crippen LogP contribution is -2.18. The van der Waals surface area contributed by atoms with Crippen molar-refractivity contribution in [2.24, 2.45) is 17.8 Å². The molecule has 84 valence electrons. The third kappa shape index (κ3) is 1.16. The van der Waals surface area contributed by atoms with E-state index in [2.05, 4.69) is 0 Å². The van der Waals surface area contributed by atoms with Crippen LogP contribution < -0.4 is 0 Å². The van der Waals surface area contributed by atoms with Gasteiger partial charge in [0.25, 0.3) is 0 Å². The van der Waals surface area contributed by atoms with E-state index in [1.807, 2.05) is 22.9 Å². The Labute approximate surface area is 93.2 Å². The normalized spacial score (nSPS) is 30.6. The summed E-state index contributed by atoms with van der Waals surface area (Å²) in [6.07, 6.45) is 1.89. The summed E-state index contributed by atoms with van der Waals surface area (Å²) in [7, 11) is 0. The molecule has 16 heavy (non-hydrogen) atoms. The zero-order valence-corrected chi connectivity index (χ0v) is 9.05. The van der Waals surface area contributed by atoms with Gasteiger partial charge in [0.1, 0.15) is 0 Å². The fourth-order valence-electron chi connectivity index (χ4n) is 2.71. The Kier molecular flexibility index (Phi) is 1.93. The molecule has 0 aromatic carbocycles. The van der Waals surface area contributed by atoms with Gasteiger partial charge in [-0.2, -0.15) is 0 Å². The highest BCUT2D eigenvalue weighted by molar-refractivity contribution is 6.03. The molecule has 4 heteroatoms. The van der Waals surface area contributed by atoms with Gasteiger partial charge in [-0.05, 0) is 19.1 Å². The number of fused-ring (bicyclic) bond motifs is 2. The predicted octanol–water partition coefficient (Wildman–Crippen LogP) is 1.11. The van der Waals surface area contributed by atoms with E-state index in [1.165, 1.54) is 0 Å². The highest BCUT2D eigenvalue weighted by Crippen LogP contribution is 2.52. The first-order chi connectivity index (χ1) is 7.74. The minimum Gasteiger partial charge on any atom is -0.466 e. The first-order valence-corrected chi connectivity index (χ1v) is 5.60. The topological polar surface area (TPSA) is 48.3 Å². The van der Waals surface area contributed by atoms with E-state index in [-0.39, 0.29) is 29.5 Å². The van der Waals surface area contributed by atoms with Gasteiger partial charge in [0.05, 0.1) is 18.2 Å². The average molecular weight is 219 g/mol. The molecular formula is C12H13NO3. The van der Waals surface area contributed by atoms with Crippen molar-refractivity contribution in [3.63, 3.8) is 0 Å². The lowest BCUT2D eigenvalue weighted by atomic mass is 10.1. The second-order valence-electron chi connectivity index (χ2n) is 4.38. The van der Waals surface area contributed by atoms with E-state index in [0.29, 0.717) is 6.61 Å². The minimum absolute atomic E-state index is 0.0966. The molecule has 0 N–H and O–H groups in total. The van der Waals surface area contributed by atoms with Crippen LogP contribution in [-0.4, -0.2) is 22.9 Å². The maximum absolute atomic E-state index is 12.0. The van der Waals surface area contributed by atoms with Crippen molar-refractivity contribution < 1.29 is 14.3 Å². The highest BCUT2D eigenvalue weighted by Gasteiger charge is 2.61. The second kappa shape index (κ2) is 3.20. The maximum atomic E-state index is 12.0. The van der Waals surface area contributed by atoms with Crippen molar-refractivity contribution >= 4 is 11.8 Å². The molecule has 1 aliphatic heterocycles. The third-order valence-corrected chi connectivity index (χ3v) is 3.52. The summed E-state index contributed by atoms with van der Waals surface area (Å²) in [6, 6.07) is 3.69. The number of hydrogen-bond donors (Lipinski definition) is 0. The predicted molar refractivity (Wildman–Crippen MR) is 55.9 cm³/mol. The molecule has 0 bridgehead atoms. The molecule has 2 aliphatic rings. The lowest BCUT2D eigenvalue weighted by molar-refractivity contribution is -0.145. The van der Waals surface area contributed by atoms with Gasteiger partial charge >= 0.3 is 5.97 Å². The van der Waals surface area contributed by atoms with E-state index < -0.39 is 0 Å². The number of hydrogen-bond acceptors (Lipinski definition) is 3. The van der Waals surface area contributed by atoms with Crippen LogP contribution in [0.1, 0.15) is 17.4 Å². The Morgan fingerprint density at radius 1 is 1.62 bits per heavy atom. The van der Waals surface area contributed by atoms with Crippen LogP contribution in [0, 0.1) is 17.8 Å². The Hall–Kier alpha value is -1.58. The lowest BCUT2D eigenvalue weighted by Gasteiger charge is -2.11. The number of ketones is 1. The van der Waals surface area contributed by atoms with Crippen molar-refractivity contribution in [2.75, 3.05) is 6.61 Å². The Morgan fingerprint density at radius 3 is 3.19 bits per heavy atom. The molecule has 3 rings (SSSR count). The molecule has 0 amide bonds. The minimum atomic E-state index is -0.211. The molecule has 1 aliphatic carbocycles. The van der Waals surface area contributed by atoms with E-state index in [1.54, 1.807) is 6.92 Å². The van der Waals surface area contributed by atoms with Gasteiger partial charge in [-0.1, -0.05) is 0 Å². The monoisotopic (exact) mass is 219 g/mol. The Bertz CT molecular complexity index is 463. The molecule has 3 atom stereocenters. The van der Waals surface area contributed by atoms with Gasteiger partial charge < -0.3 is 9.30 Å². The number of aromatic nitrogens is 1. The van der Waals surface area contributed by atoms with Crippen molar-refractivity contribution in [2.45, 2.75) is 13.5 Å². The Morgan fingerprint density at radius 2 is 2.44 bits per heavy atom. The number of Topliss-reactive ketones (excluding diaryl/α,β-unsaturated/α-hetero) is 1. The number of carbonyl (C=O) groups is 2. The number of rotatable bonds is 2. The molecule has 2 heterocycles. The molecule has 1 aromatic heterocycles. The van der Waals surface area contributed by atoms with Crippen LogP contribution >= 0.6 is 0 Å². The first kappa shape index (κ1) is 9.63. The summed E-state index contributed by atoms with van der Waals surface area (Å²) in [5.41, 5.74) is 0.730. The summed E-state index contributed by atoms with van der Waals surface area (Å²) in [6.45, 7) is 2.94. The van der Waals surface area contributed by atoms with E-state index in [9.17, 15) is 9.59 Å². The smallest absolute Gasteiger partial charge is 0.310 e. The van der Waals surface area contributed by atoms with Crippen LogP contribution in [0.15, 0.2) is 18.3 Å². The Balaban J connectivity index is 1.83. The van der Waals surface area contributed by atoms with Crippen molar-refractivity contribution in [1.29, 1.82) is 0 Å². The molecule has 0 radical (unpaired) electrons. The molecule has 1 aromatic rings. The molecule has 1 fully saturated rings. The SMILES string of the molecule is CCOC(=O)C1C2Cn3cccc3C(=O)C21. The van der Waals surface area contributed by atoms with Crippen molar-refractivity contribution in [1.82, 2.24) is 4.57 Å². The van der Waals surface area contributed by atoms with E-state index in [0.717, 1.165) is 12.2 Å². The summed E-state index contributed by atoms with van der Waals surface area (Å²) < 4.78 is 6.91. The van der Waals surface area contributed by atoms with Crippen LogP contribution in [0.25, 0.3) is 0 Å². The second-order valence-corrected chi connectivity index (χ2v) is 4.38. The van der Waals surface area contributed by atoms with Crippen LogP contribution in [0.2, 0.25) is 0 Å². The quantitative estimate of drug-likeness (QED) is 0.700. The zero-order valence-electron chi connectivity index (χ0n) is 9.05. The van der Waals surface area contributed by atoms with Gasteiger partial charge in [-0.3, -0.25) is 9.59 Å². The molecule has 4 nitrogen and oxygen atoms in total. The van der Waals surface area contributed by atoms with Crippen LogP contribution in [0.5, 0.6) is 0 Å². The number of nitrogens with zero attached hydrogens (tertiary/aromatic N) is 1. The largest absolute Gasteiger partial charge is 0.466 e. The number of esters is 1. The van der Waals surface area contributed by atoms with Gasteiger partial charge in [-0.15, -0.1) is 0 Å². The van der Waals surface area contributed by atoms with Crippen LogP contribution in [0.4, 0.5) is 0 Å². The standard InChI is InChI=1S/C12H13NO3/c1-2-16-12(15)10-7-6-13-5-3-4-8(13)11(14)9(7)10/h3-5,7,9-10H,2,6H2,1H3. The molecule has 3 unspecified atom stereocenters. The third-order valence-electron chi connectivity index (χ3n) is 3.52. The van der Waals surface area contributed by atoms with E-state index >= 15 is 0 Å². The summed E-state index contributed by atoms with van der Waals surface area (Å²) in [5.74, 6) is -0.281.